The number of amides is 2. The average molecular weight is 921 g/mol. The Morgan fingerprint density at radius 3 is 2.33 bits per heavy atom. The van der Waals surface area contributed by atoms with Gasteiger partial charge in [-0.25, -0.2) is 31.9 Å². The van der Waals surface area contributed by atoms with Crippen LogP contribution in [0.3, 0.4) is 0 Å². The van der Waals surface area contributed by atoms with Crippen molar-refractivity contribution in [2.75, 3.05) is 24.6 Å². The molecule has 4 atom stereocenters. The molecule has 0 saturated carbocycles. The lowest BCUT2D eigenvalue weighted by atomic mass is 9.85. The number of carbonyl (C=O) groups excluding carboxylic acids is 4. The molecule has 61 heavy (non-hydrogen) atoms. The standard InChI is InChI=1S/C40H40Cl3N5O12S/c1-6-19-58-36(51)44-27(33(49)60-38(2,3)4)21-25-20-24-13-7-9-15-28(24)46(25)39-22-31(34(50)57-5)45(37(52)59-23-40(41,42)43)35(39)47(29-16-10-8-14-26(29)39)61(55,56)32-18-12-11-17-30(32)48(53)54/h6-18,20,27,31,35H,1,19,21-23H2,2-5H3,(H,44,51)/t27-,31-,35-,39-/m0/s1. The van der Waals surface area contributed by atoms with E-state index in [0.29, 0.717) is 10.9 Å². The number of rotatable bonds is 12. The number of nitrogens with zero attached hydrogens (tertiary/aromatic N) is 4. The van der Waals surface area contributed by atoms with Crippen molar-refractivity contribution in [2.24, 2.45) is 0 Å². The first-order valence-corrected chi connectivity index (χ1v) is 21.1. The van der Waals surface area contributed by atoms with E-state index in [9.17, 15) is 29.3 Å². The first-order valence-electron chi connectivity index (χ1n) is 18.5. The minimum absolute atomic E-state index is 0.0216. The molecule has 1 fully saturated rings. The van der Waals surface area contributed by atoms with Crippen molar-refractivity contribution < 1.29 is 51.5 Å². The van der Waals surface area contributed by atoms with Gasteiger partial charge in [0, 0.05) is 35.7 Å². The van der Waals surface area contributed by atoms with Gasteiger partial charge in [-0.3, -0.25) is 15.0 Å². The number of hydrogen-bond donors (Lipinski definition) is 1. The van der Waals surface area contributed by atoms with Crippen molar-refractivity contribution in [3.63, 3.8) is 0 Å². The van der Waals surface area contributed by atoms with Crippen LogP contribution in [0.15, 0.2) is 96.4 Å². The van der Waals surface area contributed by atoms with Gasteiger partial charge >= 0.3 is 24.1 Å². The van der Waals surface area contributed by atoms with Crippen LogP contribution in [0.5, 0.6) is 0 Å². The monoisotopic (exact) mass is 919 g/mol. The summed E-state index contributed by atoms with van der Waals surface area (Å²) in [6.45, 7) is 7.44. The molecule has 6 rings (SSSR count). The number of carbonyl (C=O) groups is 4. The second kappa shape index (κ2) is 17.1. The van der Waals surface area contributed by atoms with Gasteiger partial charge in [-0.1, -0.05) is 96.0 Å². The van der Waals surface area contributed by atoms with E-state index in [1.807, 2.05) is 0 Å². The van der Waals surface area contributed by atoms with Gasteiger partial charge in [0.05, 0.1) is 17.7 Å². The van der Waals surface area contributed by atoms with Crippen LogP contribution >= 0.6 is 34.8 Å². The molecule has 0 bridgehead atoms. The summed E-state index contributed by atoms with van der Waals surface area (Å²) >= 11 is 17.9. The molecule has 3 heterocycles. The zero-order chi connectivity index (χ0) is 44.7. The van der Waals surface area contributed by atoms with Crippen LogP contribution < -0.4 is 9.62 Å². The zero-order valence-corrected chi connectivity index (χ0v) is 36.2. The van der Waals surface area contributed by atoms with E-state index in [4.69, 9.17) is 53.8 Å². The summed E-state index contributed by atoms with van der Waals surface area (Å²) in [6.07, 6.45) is -3.48. The fourth-order valence-corrected chi connectivity index (χ4v) is 9.83. The molecule has 0 unspecified atom stereocenters. The third-order valence-corrected chi connectivity index (χ3v) is 12.1. The minimum atomic E-state index is -5.08. The first kappa shape index (κ1) is 45.0. The van der Waals surface area contributed by atoms with E-state index in [1.54, 1.807) is 67.8 Å². The van der Waals surface area contributed by atoms with E-state index < -0.39 is 95.9 Å². The molecule has 4 aromatic rings. The number of para-hydroxylation sites is 3. The number of halogens is 3. The fourth-order valence-electron chi connectivity index (χ4n) is 7.84. The molecule has 1 saturated heterocycles. The van der Waals surface area contributed by atoms with Gasteiger partial charge in [0.2, 0.25) is 3.79 Å². The zero-order valence-electron chi connectivity index (χ0n) is 33.1. The molecule has 0 radical (unpaired) electrons. The van der Waals surface area contributed by atoms with Gasteiger partial charge in [-0.2, -0.15) is 0 Å². The summed E-state index contributed by atoms with van der Waals surface area (Å²) in [7, 11) is -4.01. The van der Waals surface area contributed by atoms with Crippen LogP contribution in [-0.4, -0.2) is 94.9 Å². The molecule has 1 aromatic heterocycles. The van der Waals surface area contributed by atoms with Gasteiger partial charge in [0.25, 0.3) is 15.7 Å². The van der Waals surface area contributed by atoms with Crippen molar-refractivity contribution in [3.05, 3.63) is 113 Å². The number of likely N-dealkylation sites (tertiary alicyclic amines) is 1. The van der Waals surface area contributed by atoms with Crippen LogP contribution in [0.25, 0.3) is 10.9 Å². The molecule has 2 aliphatic heterocycles. The van der Waals surface area contributed by atoms with Crippen LogP contribution in [0.1, 0.15) is 38.4 Å². The molecule has 0 aliphatic carbocycles. The number of nitro groups is 1. The number of esters is 2. The van der Waals surface area contributed by atoms with Gasteiger partial charge in [-0.15, -0.1) is 0 Å². The number of benzene rings is 3. The Kier molecular flexibility index (Phi) is 12.6. The Balaban J connectivity index is 1.69. The Morgan fingerprint density at radius 2 is 1.67 bits per heavy atom. The van der Waals surface area contributed by atoms with Gasteiger partial charge in [0.15, 0.2) is 11.1 Å². The highest BCUT2D eigenvalue weighted by Crippen LogP contribution is 2.58. The maximum atomic E-state index is 15.3. The average Bonchev–Trinajstić information content (AvgIpc) is 3.83. The number of aromatic nitrogens is 1. The maximum absolute atomic E-state index is 15.3. The Morgan fingerprint density at radius 1 is 1.02 bits per heavy atom. The quantitative estimate of drug-likeness (QED) is 0.0392. The van der Waals surface area contributed by atoms with Crippen molar-refractivity contribution >= 4 is 91.2 Å². The molecule has 17 nitrogen and oxygen atoms in total. The Hall–Kier alpha value is -5.56. The lowest BCUT2D eigenvalue weighted by Crippen LogP contribution is -2.58. The predicted molar refractivity (Wildman–Crippen MR) is 224 cm³/mol. The molecule has 21 heteroatoms. The van der Waals surface area contributed by atoms with Crippen LogP contribution in [-0.2, 0) is 50.5 Å². The second-order valence-electron chi connectivity index (χ2n) is 15.0. The molecule has 1 N–H and O–H groups in total. The summed E-state index contributed by atoms with van der Waals surface area (Å²) in [4.78, 5) is 67.1. The van der Waals surface area contributed by atoms with E-state index in [2.05, 4.69) is 11.9 Å². The van der Waals surface area contributed by atoms with Crippen molar-refractivity contribution in [3.8, 4) is 0 Å². The van der Waals surface area contributed by atoms with Crippen molar-refractivity contribution in [1.82, 2.24) is 14.8 Å². The summed E-state index contributed by atoms with van der Waals surface area (Å²) < 4.78 is 52.5. The Bertz CT molecular complexity index is 2520. The number of sulfonamides is 1. The SMILES string of the molecule is C=CCOC(=O)N[C@@H](Cc1cc2ccccc2n1[C@]12C[C@@H](C(=O)OC)N(C(=O)OCC(Cl)(Cl)Cl)[C@H]1N(S(=O)(=O)c1ccccc1[N+](=O)[O-])c1ccccc12)C(=O)OC(C)(C)C. The second-order valence-corrected chi connectivity index (χ2v) is 19.3. The number of anilines is 1. The van der Waals surface area contributed by atoms with Gasteiger partial charge in [0.1, 0.15) is 36.4 Å². The first-order chi connectivity index (χ1) is 28.7. The number of alkyl carbamates (subject to hydrolysis) is 1. The lowest BCUT2D eigenvalue weighted by Gasteiger charge is -2.39. The highest BCUT2D eigenvalue weighted by Gasteiger charge is 2.68. The van der Waals surface area contributed by atoms with Gasteiger partial charge < -0.3 is 28.8 Å². The molecular weight excluding hydrogens is 881 g/mol. The minimum Gasteiger partial charge on any atom is -0.467 e. The number of methoxy groups -OCH3 is 1. The van der Waals surface area contributed by atoms with Crippen LogP contribution in [0, 0.1) is 10.1 Å². The molecular formula is C40H40Cl3N5O12S. The molecule has 0 spiro atoms. The summed E-state index contributed by atoms with van der Waals surface area (Å²) in [5.41, 5.74) is -2.69. The largest absolute Gasteiger partial charge is 0.467 e. The third kappa shape index (κ3) is 8.67. The van der Waals surface area contributed by atoms with E-state index in [-0.39, 0.29) is 30.0 Å². The van der Waals surface area contributed by atoms with Crippen molar-refractivity contribution in [1.29, 1.82) is 0 Å². The van der Waals surface area contributed by atoms with E-state index in [0.717, 1.165) is 28.4 Å². The van der Waals surface area contributed by atoms with Gasteiger partial charge in [-0.05, 0) is 50.4 Å². The van der Waals surface area contributed by atoms with Crippen LogP contribution in [0.2, 0.25) is 0 Å². The lowest BCUT2D eigenvalue weighted by molar-refractivity contribution is -0.387. The van der Waals surface area contributed by atoms with E-state index >= 15 is 8.42 Å². The number of fused-ring (bicyclic) bond motifs is 4. The number of ether oxygens (including phenoxy) is 4. The van der Waals surface area contributed by atoms with Crippen molar-refractivity contribution in [2.45, 2.75) is 71.7 Å². The van der Waals surface area contributed by atoms with E-state index in [1.165, 1.54) is 30.3 Å². The normalized spacial score (nSPS) is 19.1. The molecule has 2 amide bonds. The third-order valence-electron chi connectivity index (χ3n) is 9.92. The molecule has 2 aliphatic rings. The summed E-state index contributed by atoms with van der Waals surface area (Å²) in [5.74, 6) is -1.84. The predicted octanol–water partition coefficient (Wildman–Crippen LogP) is 6.75. The highest BCUT2D eigenvalue weighted by atomic mass is 35.6. The number of hydrogen-bond acceptors (Lipinski definition) is 12. The fraction of sp³-hybridized carbons (Fsp3) is 0.350. The topological polar surface area (TPSA) is 206 Å². The maximum Gasteiger partial charge on any atom is 0.412 e. The summed E-state index contributed by atoms with van der Waals surface area (Å²) in [5, 5.41) is 15.5. The number of alkyl halides is 3. The molecule has 3 aromatic carbocycles. The summed E-state index contributed by atoms with van der Waals surface area (Å²) in [6, 6.07) is 16.4. The number of nitro benzene ring substituents is 1. The molecule has 324 valence electrons. The highest BCUT2D eigenvalue weighted by molar-refractivity contribution is 7.93. The number of nitrogens with one attached hydrogen (secondary N) is 1. The Labute approximate surface area is 365 Å². The smallest absolute Gasteiger partial charge is 0.412 e. The van der Waals surface area contributed by atoms with Crippen LogP contribution in [0.4, 0.5) is 21.0 Å².